The molecule has 0 aromatic carbocycles. The number of nitrogens with one attached hydrogen (secondary N) is 1. The number of carbonyl (C=O) groups excluding carboxylic acids is 1. The van der Waals surface area contributed by atoms with Crippen LogP contribution in [0.25, 0.3) is 0 Å². The van der Waals surface area contributed by atoms with E-state index in [2.05, 4.69) is 15.3 Å². The number of pyridine rings is 1. The Morgan fingerprint density at radius 3 is 2.88 bits per heavy atom. The van der Waals surface area contributed by atoms with E-state index in [1.54, 1.807) is 5.51 Å². The average Bonchev–Trinajstić information content (AvgIpc) is 2.73. The quantitative estimate of drug-likeness (QED) is 0.848. The molecule has 0 aliphatic heterocycles. The van der Waals surface area contributed by atoms with Crippen LogP contribution < -0.4 is 5.32 Å². The van der Waals surface area contributed by atoms with E-state index in [1.807, 2.05) is 6.92 Å². The highest BCUT2D eigenvalue weighted by atomic mass is 32.1. The summed E-state index contributed by atoms with van der Waals surface area (Å²) in [7, 11) is 0. The number of aryl methyl sites for hydroxylation is 1. The van der Waals surface area contributed by atoms with Crippen molar-refractivity contribution < 1.29 is 9.18 Å². The molecule has 0 bridgehead atoms. The molecule has 88 valence electrons. The third-order valence-electron chi connectivity index (χ3n) is 2.24. The molecule has 0 spiro atoms. The molecule has 0 saturated heterocycles. The van der Waals surface area contributed by atoms with E-state index in [4.69, 9.17) is 0 Å². The van der Waals surface area contributed by atoms with Gasteiger partial charge < -0.3 is 5.32 Å². The van der Waals surface area contributed by atoms with Gasteiger partial charge in [0.1, 0.15) is 0 Å². The SMILES string of the molecule is Cc1ncsc1CNC(=O)c1ccc(F)nc1. The summed E-state index contributed by atoms with van der Waals surface area (Å²) in [4.78, 5) is 20.2. The molecule has 4 nitrogen and oxygen atoms in total. The minimum atomic E-state index is -0.597. The van der Waals surface area contributed by atoms with Crippen molar-refractivity contribution in [3.05, 3.63) is 45.9 Å². The monoisotopic (exact) mass is 251 g/mol. The van der Waals surface area contributed by atoms with Crippen LogP contribution >= 0.6 is 11.3 Å². The molecule has 6 heteroatoms. The molecule has 0 fully saturated rings. The van der Waals surface area contributed by atoms with Crippen molar-refractivity contribution in [1.29, 1.82) is 0 Å². The van der Waals surface area contributed by atoms with Gasteiger partial charge in [-0.25, -0.2) is 9.97 Å². The summed E-state index contributed by atoms with van der Waals surface area (Å²) < 4.78 is 12.6. The van der Waals surface area contributed by atoms with E-state index in [0.717, 1.165) is 16.6 Å². The van der Waals surface area contributed by atoms with E-state index >= 15 is 0 Å². The van der Waals surface area contributed by atoms with Gasteiger partial charge in [-0.3, -0.25) is 4.79 Å². The van der Waals surface area contributed by atoms with Crippen LogP contribution in [0.2, 0.25) is 0 Å². The highest BCUT2D eigenvalue weighted by molar-refractivity contribution is 7.09. The van der Waals surface area contributed by atoms with Crippen molar-refractivity contribution in [3.63, 3.8) is 0 Å². The first-order valence-corrected chi connectivity index (χ1v) is 5.83. The van der Waals surface area contributed by atoms with Crippen molar-refractivity contribution in [3.8, 4) is 0 Å². The number of hydrogen-bond donors (Lipinski definition) is 1. The van der Waals surface area contributed by atoms with Crippen LogP contribution in [0.1, 0.15) is 20.9 Å². The fourth-order valence-electron chi connectivity index (χ4n) is 1.27. The Labute approximate surface area is 102 Å². The fourth-order valence-corrected chi connectivity index (χ4v) is 1.99. The molecule has 0 aliphatic carbocycles. The van der Waals surface area contributed by atoms with Gasteiger partial charge in [-0.15, -0.1) is 11.3 Å². The van der Waals surface area contributed by atoms with Crippen LogP contribution in [0, 0.1) is 12.9 Å². The zero-order valence-electron chi connectivity index (χ0n) is 9.11. The van der Waals surface area contributed by atoms with Crippen molar-refractivity contribution >= 4 is 17.2 Å². The maximum atomic E-state index is 12.6. The Morgan fingerprint density at radius 1 is 1.47 bits per heavy atom. The van der Waals surface area contributed by atoms with Crippen LogP contribution in [0.3, 0.4) is 0 Å². The predicted octanol–water partition coefficient (Wildman–Crippen LogP) is 1.92. The molecule has 0 aliphatic rings. The molecule has 0 unspecified atom stereocenters. The molecule has 0 radical (unpaired) electrons. The van der Waals surface area contributed by atoms with Crippen LogP contribution in [-0.2, 0) is 6.54 Å². The Balaban J connectivity index is 1.98. The van der Waals surface area contributed by atoms with Crippen molar-refractivity contribution in [2.24, 2.45) is 0 Å². The van der Waals surface area contributed by atoms with Gasteiger partial charge in [-0.05, 0) is 19.1 Å². The first-order chi connectivity index (χ1) is 8.16. The van der Waals surface area contributed by atoms with Crippen LogP contribution in [0.5, 0.6) is 0 Å². The summed E-state index contributed by atoms with van der Waals surface area (Å²) in [5.74, 6) is -0.870. The Kier molecular flexibility index (Phi) is 3.43. The number of carbonyl (C=O) groups is 1. The number of thiazole rings is 1. The lowest BCUT2D eigenvalue weighted by atomic mass is 10.2. The molecule has 2 aromatic heterocycles. The van der Waals surface area contributed by atoms with Gasteiger partial charge in [0.25, 0.3) is 5.91 Å². The number of nitrogens with zero attached hydrogens (tertiary/aromatic N) is 2. The summed E-state index contributed by atoms with van der Waals surface area (Å²) in [5, 5.41) is 2.73. The first kappa shape index (κ1) is 11.7. The average molecular weight is 251 g/mol. The van der Waals surface area contributed by atoms with Gasteiger partial charge in [-0.2, -0.15) is 4.39 Å². The Bertz CT molecular complexity index is 524. The lowest BCUT2D eigenvalue weighted by Gasteiger charge is -2.03. The third-order valence-corrected chi connectivity index (χ3v) is 3.18. The second-order valence-corrected chi connectivity index (χ2v) is 4.35. The van der Waals surface area contributed by atoms with E-state index < -0.39 is 5.95 Å². The second-order valence-electron chi connectivity index (χ2n) is 3.41. The maximum absolute atomic E-state index is 12.6. The molecule has 2 heterocycles. The van der Waals surface area contributed by atoms with Crippen molar-refractivity contribution in [1.82, 2.24) is 15.3 Å². The normalized spacial score (nSPS) is 10.2. The third kappa shape index (κ3) is 2.85. The van der Waals surface area contributed by atoms with E-state index in [1.165, 1.54) is 23.6 Å². The standard InChI is InChI=1S/C11H10FN3OS/c1-7-9(17-6-15-7)5-14-11(16)8-2-3-10(12)13-4-8/h2-4,6H,5H2,1H3,(H,14,16). The molecular formula is C11H10FN3OS. The van der Waals surface area contributed by atoms with E-state index in [9.17, 15) is 9.18 Å². The summed E-state index contributed by atoms with van der Waals surface area (Å²) in [6.45, 7) is 2.31. The van der Waals surface area contributed by atoms with E-state index in [0.29, 0.717) is 12.1 Å². The zero-order valence-corrected chi connectivity index (χ0v) is 9.92. The van der Waals surface area contributed by atoms with Crippen molar-refractivity contribution in [2.45, 2.75) is 13.5 Å². The van der Waals surface area contributed by atoms with Gasteiger partial charge in [0, 0.05) is 11.1 Å². The minimum Gasteiger partial charge on any atom is -0.347 e. The van der Waals surface area contributed by atoms with Gasteiger partial charge >= 0.3 is 0 Å². The Hall–Kier alpha value is -1.82. The van der Waals surface area contributed by atoms with Crippen LogP contribution in [-0.4, -0.2) is 15.9 Å². The second kappa shape index (κ2) is 5.01. The summed E-state index contributed by atoms with van der Waals surface area (Å²) in [6.07, 6.45) is 1.21. The predicted molar refractivity (Wildman–Crippen MR) is 62.2 cm³/mol. The molecule has 17 heavy (non-hydrogen) atoms. The van der Waals surface area contributed by atoms with E-state index in [-0.39, 0.29) is 5.91 Å². The highest BCUT2D eigenvalue weighted by Gasteiger charge is 2.07. The fraction of sp³-hybridized carbons (Fsp3) is 0.182. The smallest absolute Gasteiger partial charge is 0.253 e. The number of halogens is 1. The Morgan fingerprint density at radius 2 is 2.29 bits per heavy atom. The molecule has 0 atom stereocenters. The molecule has 2 rings (SSSR count). The molecule has 0 saturated carbocycles. The summed E-state index contributed by atoms with van der Waals surface area (Å²) in [6, 6.07) is 2.56. The summed E-state index contributed by atoms with van der Waals surface area (Å²) >= 11 is 1.49. The zero-order chi connectivity index (χ0) is 12.3. The minimum absolute atomic E-state index is 0.273. The number of aromatic nitrogens is 2. The van der Waals surface area contributed by atoms with Crippen LogP contribution in [0.4, 0.5) is 4.39 Å². The first-order valence-electron chi connectivity index (χ1n) is 4.95. The molecule has 2 aromatic rings. The lowest BCUT2D eigenvalue weighted by molar-refractivity contribution is 0.0951. The topological polar surface area (TPSA) is 54.9 Å². The van der Waals surface area contributed by atoms with Crippen molar-refractivity contribution in [2.75, 3.05) is 0 Å². The number of amides is 1. The highest BCUT2D eigenvalue weighted by Crippen LogP contribution is 2.11. The molecular weight excluding hydrogens is 241 g/mol. The van der Waals surface area contributed by atoms with Crippen LogP contribution in [0.15, 0.2) is 23.8 Å². The lowest BCUT2D eigenvalue weighted by Crippen LogP contribution is -2.22. The molecule has 1 amide bonds. The van der Waals surface area contributed by atoms with Gasteiger partial charge in [0.05, 0.1) is 23.3 Å². The number of rotatable bonds is 3. The maximum Gasteiger partial charge on any atom is 0.253 e. The van der Waals surface area contributed by atoms with Gasteiger partial charge in [0.15, 0.2) is 0 Å². The summed E-state index contributed by atoms with van der Waals surface area (Å²) in [5.41, 5.74) is 2.98. The number of hydrogen-bond acceptors (Lipinski definition) is 4. The van der Waals surface area contributed by atoms with Gasteiger partial charge in [0.2, 0.25) is 5.95 Å². The molecule has 1 N–H and O–H groups in total. The van der Waals surface area contributed by atoms with Gasteiger partial charge in [-0.1, -0.05) is 0 Å². The largest absolute Gasteiger partial charge is 0.347 e.